The Morgan fingerprint density at radius 2 is 1.94 bits per heavy atom. The number of ether oxygens (including phenoxy) is 1. The average molecular weight is 469 g/mol. The molecule has 0 bridgehead atoms. The van der Waals surface area contributed by atoms with Gasteiger partial charge in [-0.05, 0) is 76.0 Å². The third-order valence-corrected chi connectivity index (χ3v) is 8.39. The van der Waals surface area contributed by atoms with Crippen molar-refractivity contribution in [2.45, 2.75) is 42.7 Å². The van der Waals surface area contributed by atoms with Crippen LogP contribution in [0.4, 0.5) is 5.69 Å². The molecule has 2 aromatic rings. The van der Waals surface area contributed by atoms with Gasteiger partial charge < -0.3 is 15.0 Å². The summed E-state index contributed by atoms with van der Waals surface area (Å²) in [7, 11) is 0.306. The fourth-order valence-electron chi connectivity index (χ4n) is 4.71. The largest absolute Gasteiger partial charge is 0.493 e. The van der Waals surface area contributed by atoms with E-state index in [9.17, 15) is 13.7 Å². The molecule has 2 fully saturated rings. The fraction of sp³-hybridized carbons (Fsp3) is 0.480. The van der Waals surface area contributed by atoms with Crippen LogP contribution >= 0.6 is 0 Å². The van der Waals surface area contributed by atoms with Crippen molar-refractivity contribution in [3.05, 3.63) is 54.1 Å². The molecule has 8 heteroatoms. The van der Waals surface area contributed by atoms with Crippen molar-refractivity contribution in [2.24, 2.45) is 5.92 Å². The lowest BCUT2D eigenvalue weighted by atomic mass is 9.80. The molecule has 7 nitrogen and oxygen atoms in total. The van der Waals surface area contributed by atoms with Crippen molar-refractivity contribution in [1.82, 2.24) is 9.21 Å². The second-order valence-electron chi connectivity index (χ2n) is 9.30. The summed E-state index contributed by atoms with van der Waals surface area (Å²) in [6.45, 7) is 1.90. The first-order chi connectivity index (χ1) is 15.9. The molecule has 176 valence electrons. The van der Waals surface area contributed by atoms with Gasteiger partial charge in [-0.1, -0.05) is 18.2 Å². The summed E-state index contributed by atoms with van der Waals surface area (Å²) < 4.78 is 34.3. The van der Waals surface area contributed by atoms with E-state index in [2.05, 4.69) is 11.4 Å². The minimum Gasteiger partial charge on any atom is -0.493 e. The van der Waals surface area contributed by atoms with Crippen molar-refractivity contribution >= 4 is 15.7 Å². The maximum Gasteiger partial charge on any atom is 0.243 e. The molecule has 1 atom stereocenters. The SMILES string of the molecule is CN(C)C[C@H]1CCCN1S(=O)(=O)c1ccc(C#N)c(NC2CC(COc3ccccc3)C2)c1. The van der Waals surface area contributed by atoms with E-state index in [4.69, 9.17) is 4.74 Å². The van der Waals surface area contributed by atoms with E-state index in [0.717, 1.165) is 31.4 Å². The minimum atomic E-state index is -3.62. The van der Waals surface area contributed by atoms with Crippen LogP contribution in [0.1, 0.15) is 31.2 Å². The Labute approximate surface area is 197 Å². The smallest absolute Gasteiger partial charge is 0.243 e. The van der Waals surface area contributed by atoms with E-state index in [1.807, 2.05) is 49.3 Å². The van der Waals surface area contributed by atoms with E-state index >= 15 is 0 Å². The summed E-state index contributed by atoms with van der Waals surface area (Å²) in [6.07, 6.45) is 3.58. The molecule has 1 heterocycles. The zero-order chi connectivity index (χ0) is 23.4. The van der Waals surface area contributed by atoms with Crippen LogP contribution in [0.5, 0.6) is 5.75 Å². The third kappa shape index (κ3) is 5.49. The summed E-state index contributed by atoms with van der Waals surface area (Å²) in [6, 6.07) is 16.9. The van der Waals surface area contributed by atoms with Crippen LogP contribution in [0.25, 0.3) is 0 Å². The highest BCUT2D eigenvalue weighted by atomic mass is 32.2. The highest BCUT2D eigenvalue weighted by molar-refractivity contribution is 7.89. The second kappa shape index (κ2) is 10.1. The van der Waals surface area contributed by atoms with Crippen LogP contribution in [-0.2, 0) is 10.0 Å². The topological polar surface area (TPSA) is 85.7 Å². The molecule has 33 heavy (non-hydrogen) atoms. The number of hydrogen-bond donors (Lipinski definition) is 1. The Morgan fingerprint density at radius 3 is 2.64 bits per heavy atom. The summed E-state index contributed by atoms with van der Waals surface area (Å²) in [5.41, 5.74) is 1.05. The Morgan fingerprint density at radius 1 is 1.18 bits per heavy atom. The van der Waals surface area contributed by atoms with E-state index in [0.29, 0.717) is 36.9 Å². The van der Waals surface area contributed by atoms with Gasteiger partial charge in [0.25, 0.3) is 0 Å². The molecule has 1 saturated carbocycles. The van der Waals surface area contributed by atoms with Gasteiger partial charge in [-0.2, -0.15) is 9.57 Å². The van der Waals surface area contributed by atoms with Gasteiger partial charge in [0.05, 0.1) is 22.8 Å². The summed E-state index contributed by atoms with van der Waals surface area (Å²) in [5.74, 6) is 1.31. The standard InChI is InChI=1S/C25H32N4O3S/c1-28(2)17-22-7-6-12-29(22)33(30,31)24-11-10-20(16-26)25(15-24)27-21-13-19(14-21)18-32-23-8-4-3-5-9-23/h3-5,8-11,15,19,21-22,27H,6-7,12-14,17-18H2,1-2H3/t19?,21?,22-/m1/s1. The maximum absolute atomic E-state index is 13.4. The molecule has 0 amide bonds. The van der Waals surface area contributed by atoms with Crippen LogP contribution < -0.4 is 10.1 Å². The number of nitrogens with zero attached hydrogens (tertiary/aromatic N) is 3. The van der Waals surface area contributed by atoms with Gasteiger partial charge in [0.15, 0.2) is 0 Å². The van der Waals surface area contributed by atoms with E-state index in [1.165, 1.54) is 0 Å². The molecule has 2 aliphatic rings. The Hall–Kier alpha value is -2.60. The first-order valence-electron chi connectivity index (χ1n) is 11.5. The number of benzene rings is 2. The third-order valence-electron chi connectivity index (χ3n) is 6.44. The van der Waals surface area contributed by atoms with Gasteiger partial charge in [-0.25, -0.2) is 8.42 Å². The molecule has 1 aliphatic carbocycles. The molecular weight excluding hydrogens is 436 g/mol. The quantitative estimate of drug-likeness (QED) is 0.606. The van der Waals surface area contributed by atoms with Crippen molar-refractivity contribution in [3.8, 4) is 11.8 Å². The number of rotatable bonds is 9. The molecule has 1 aliphatic heterocycles. The number of likely N-dealkylation sites (N-methyl/N-ethyl adjacent to an activating group) is 1. The van der Waals surface area contributed by atoms with Crippen molar-refractivity contribution < 1.29 is 13.2 Å². The molecule has 0 radical (unpaired) electrons. The van der Waals surface area contributed by atoms with E-state index in [1.54, 1.807) is 22.5 Å². The Kier molecular flexibility index (Phi) is 7.23. The van der Waals surface area contributed by atoms with Gasteiger partial charge in [0.1, 0.15) is 11.8 Å². The zero-order valence-corrected chi connectivity index (χ0v) is 20.1. The molecule has 0 spiro atoms. The van der Waals surface area contributed by atoms with Gasteiger partial charge in [0.2, 0.25) is 10.0 Å². The first kappa shape index (κ1) is 23.6. The second-order valence-corrected chi connectivity index (χ2v) is 11.2. The summed E-state index contributed by atoms with van der Waals surface area (Å²) >= 11 is 0. The highest BCUT2D eigenvalue weighted by Crippen LogP contribution is 2.34. The van der Waals surface area contributed by atoms with Gasteiger partial charge in [-0.3, -0.25) is 0 Å². The number of hydrogen-bond acceptors (Lipinski definition) is 6. The maximum atomic E-state index is 13.4. The molecule has 2 aromatic carbocycles. The van der Waals surface area contributed by atoms with Gasteiger partial charge in [0, 0.05) is 25.2 Å². The normalized spacial score (nSPS) is 23.2. The number of nitrogens with one attached hydrogen (secondary N) is 1. The number of nitriles is 1. The zero-order valence-electron chi connectivity index (χ0n) is 19.3. The van der Waals surface area contributed by atoms with E-state index < -0.39 is 10.0 Å². The lowest BCUT2D eigenvalue weighted by Gasteiger charge is -2.36. The van der Waals surface area contributed by atoms with Crippen LogP contribution in [0.2, 0.25) is 0 Å². The fourth-order valence-corrected chi connectivity index (χ4v) is 6.42. The predicted molar refractivity (Wildman–Crippen MR) is 129 cm³/mol. The Balaban J connectivity index is 1.41. The van der Waals surface area contributed by atoms with Crippen LogP contribution in [-0.4, -0.2) is 63.5 Å². The van der Waals surface area contributed by atoms with Crippen LogP contribution in [0, 0.1) is 17.2 Å². The monoisotopic (exact) mass is 468 g/mol. The van der Waals surface area contributed by atoms with Crippen molar-refractivity contribution in [1.29, 1.82) is 5.26 Å². The van der Waals surface area contributed by atoms with E-state index in [-0.39, 0.29) is 17.0 Å². The number of sulfonamides is 1. The number of anilines is 1. The molecule has 0 aromatic heterocycles. The molecule has 1 saturated heterocycles. The lowest BCUT2D eigenvalue weighted by Crippen LogP contribution is -2.41. The molecular formula is C25H32N4O3S. The Bertz CT molecular complexity index is 1090. The molecule has 1 N–H and O–H groups in total. The average Bonchev–Trinajstić information content (AvgIpc) is 3.24. The summed E-state index contributed by atoms with van der Waals surface area (Å²) in [5, 5.41) is 13.0. The van der Waals surface area contributed by atoms with Crippen molar-refractivity contribution in [2.75, 3.05) is 39.1 Å². The van der Waals surface area contributed by atoms with Crippen molar-refractivity contribution in [3.63, 3.8) is 0 Å². The minimum absolute atomic E-state index is 0.0194. The molecule has 0 unspecified atom stereocenters. The van der Waals surface area contributed by atoms with Crippen LogP contribution in [0.15, 0.2) is 53.4 Å². The van der Waals surface area contributed by atoms with Crippen LogP contribution in [0.3, 0.4) is 0 Å². The lowest BCUT2D eigenvalue weighted by molar-refractivity contribution is 0.167. The predicted octanol–water partition coefficient (Wildman–Crippen LogP) is 3.54. The highest BCUT2D eigenvalue weighted by Gasteiger charge is 2.36. The first-order valence-corrected chi connectivity index (χ1v) is 13.0. The summed E-state index contributed by atoms with van der Waals surface area (Å²) in [4.78, 5) is 2.27. The van der Waals surface area contributed by atoms with Gasteiger partial charge in [-0.15, -0.1) is 0 Å². The van der Waals surface area contributed by atoms with Gasteiger partial charge >= 0.3 is 0 Å². The molecule has 4 rings (SSSR count). The number of para-hydroxylation sites is 1.